The van der Waals surface area contributed by atoms with Crippen LogP contribution in [0.15, 0.2) is 18.2 Å². The molecule has 1 aromatic rings. The minimum absolute atomic E-state index is 0.128. The summed E-state index contributed by atoms with van der Waals surface area (Å²) in [5.41, 5.74) is 6.43. The minimum atomic E-state index is -1.39. The number of nitrogens with two attached hydrogens (primary N) is 1. The summed E-state index contributed by atoms with van der Waals surface area (Å²) < 4.78 is 26.1. The molecule has 1 aromatic carbocycles. The van der Waals surface area contributed by atoms with Crippen molar-refractivity contribution in [2.24, 2.45) is 17.6 Å². The van der Waals surface area contributed by atoms with Gasteiger partial charge < -0.3 is 34.5 Å². The van der Waals surface area contributed by atoms with Gasteiger partial charge >= 0.3 is 24.2 Å². The lowest BCUT2D eigenvalue weighted by molar-refractivity contribution is -0.155. The van der Waals surface area contributed by atoms with E-state index in [1.54, 1.807) is 27.7 Å². The molecule has 0 aliphatic carbocycles. The summed E-state index contributed by atoms with van der Waals surface area (Å²) in [6.07, 6.45) is 0.188. The summed E-state index contributed by atoms with van der Waals surface area (Å²) in [7, 11) is 0. The van der Waals surface area contributed by atoms with Crippen LogP contribution < -0.4 is 15.2 Å². The fraction of sp³-hybridized carbons (Fsp3) is 0.630. The quantitative estimate of drug-likeness (QED) is 0.133. The largest absolute Gasteiger partial charge is 0.513 e. The molecule has 11 nitrogen and oxygen atoms in total. The lowest BCUT2D eigenvalue weighted by Gasteiger charge is -2.32. The van der Waals surface area contributed by atoms with Crippen LogP contribution in [0.1, 0.15) is 78.7 Å². The van der Waals surface area contributed by atoms with E-state index in [0.717, 1.165) is 12.8 Å². The minimum Gasteiger partial charge on any atom is -0.480 e. The van der Waals surface area contributed by atoms with Crippen molar-refractivity contribution in [2.75, 3.05) is 13.2 Å². The van der Waals surface area contributed by atoms with E-state index in [4.69, 9.17) is 29.4 Å². The number of unbranched alkanes of at least 4 members (excludes halogenated alkanes) is 2. The number of carboxylic acid groups (broad SMARTS) is 1. The summed E-state index contributed by atoms with van der Waals surface area (Å²) in [6.45, 7) is 10.9. The number of rotatable bonds is 15. The van der Waals surface area contributed by atoms with Gasteiger partial charge in [0.15, 0.2) is 11.5 Å². The molecule has 0 radical (unpaired) electrons. The van der Waals surface area contributed by atoms with E-state index in [-0.39, 0.29) is 30.6 Å². The Morgan fingerprint density at radius 3 is 1.87 bits per heavy atom. The van der Waals surface area contributed by atoms with Crippen LogP contribution in [-0.4, -0.2) is 54.7 Å². The van der Waals surface area contributed by atoms with E-state index < -0.39 is 48.2 Å². The lowest BCUT2D eigenvalue weighted by atomic mass is 9.79. The highest BCUT2D eigenvalue weighted by molar-refractivity contribution is 5.75. The van der Waals surface area contributed by atoms with Gasteiger partial charge in [-0.05, 0) is 37.5 Å². The summed E-state index contributed by atoms with van der Waals surface area (Å²) in [4.78, 5) is 48.5. The van der Waals surface area contributed by atoms with Crippen LogP contribution in [0.5, 0.6) is 11.5 Å². The number of carbonyl (C=O) groups excluding carboxylic acids is 3. The van der Waals surface area contributed by atoms with Crippen LogP contribution in [0, 0.1) is 11.8 Å². The third-order valence-corrected chi connectivity index (χ3v) is 5.93. The van der Waals surface area contributed by atoms with E-state index in [2.05, 4.69) is 0 Å². The van der Waals surface area contributed by atoms with Crippen molar-refractivity contribution < 1.29 is 48.0 Å². The number of ether oxygens (including phenoxy) is 5. The Bertz CT molecular complexity index is 932. The zero-order valence-corrected chi connectivity index (χ0v) is 23.1. The molecule has 214 valence electrons. The highest BCUT2D eigenvalue weighted by Crippen LogP contribution is 2.37. The lowest BCUT2D eigenvalue weighted by Crippen LogP contribution is -2.43. The first kappa shape index (κ1) is 32.7. The third kappa shape index (κ3) is 10.6. The molecule has 3 N–H and O–H groups in total. The Labute approximate surface area is 223 Å². The van der Waals surface area contributed by atoms with Crippen molar-refractivity contribution in [3.63, 3.8) is 0 Å². The van der Waals surface area contributed by atoms with Gasteiger partial charge in [0.1, 0.15) is 12.1 Å². The molecule has 0 heterocycles. The first-order valence-corrected chi connectivity index (χ1v) is 12.9. The maximum Gasteiger partial charge on any atom is 0.513 e. The van der Waals surface area contributed by atoms with Crippen LogP contribution in [0.2, 0.25) is 0 Å². The molecule has 38 heavy (non-hydrogen) atoms. The Hall–Kier alpha value is -3.34. The molecule has 4 atom stereocenters. The number of hydrogen-bond donors (Lipinski definition) is 2. The van der Waals surface area contributed by atoms with Gasteiger partial charge in [0.05, 0.1) is 19.1 Å². The van der Waals surface area contributed by atoms with Crippen LogP contribution in [0.4, 0.5) is 9.59 Å². The molecule has 0 aromatic heterocycles. The Kier molecular flexibility index (Phi) is 14.2. The second kappa shape index (κ2) is 16.5. The number of esters is 1. The van der Waals surface area contributed by atoms with Gasteiger partial charge in [0.2, 0.25) is 0 Å². The van der Waals surface area contributed by atoms with Gasteiger partial charge in [0.25, 0.3) is 0 Å². The molecule has 3 unspecified atom stereocenters. The fourth-order valence-corrected chi connectivity index (χ4v) is 3.44. The maximum atomic E-state index is 12.3. The molecule has 11 heteroatoms. The molecular formula is C27H41NO10. The van der Waals surface area contributed by atoms with Gasteiger partial charge in [-0.25, -0.2) is 9.59 Å². The van der Waals surface area contributed by atoms with Crippen LogP contribution in [0.25, 0.3) is 0 Å². The van der Waals surface area contributed by atoms with Gasteiger partial charge in [-0.15, -0.1) is 0 Å². The second-order valence-electron chi connectivity index (χ2n) is 9.36. The van der Waals surface area contributed by atoms with Crippen molar-refractivity contribution in [2.45, 2.75) is 85.3 Å². The van der Waals surface area contributed by atoms with E-state index in [1.807, 2.05) is 13.8 Å². The average molecular weight is 540 g/mol. The van der Waals surface area contributed by atoms with Crippen LogP contribution >= 0.6 is 0 Å². The fourth-order valence-electron chi connectivity index (χ4n) is 3.44. The first-order chi connectivity index (χ1) is 17.9. The zero-order valence-electron chi connectivity index (χ0n) is 23.1. The summed E-state index contributed by atoms with van der Waals surface area (Å²) in [5.74, 6) is -3.81. The number of aliphatic carboxylic acids is 1. The smallest absolute Gasteiger partial charge is 0.480 e. The number of benzene rings is 1. The topological polar surface area (TPSA) is 161 Å². The molecule has 0 aliphatic rings. The summed E-state index contributed by atoms with van der Waals surface area (Å²) in [6, 6.07) is 2.83. The maximum absolute atomic E-state index is 12.3. The number of carboxylic acids is 1. The molecule has 0 spiro atoms. The highest BCUT2D eigenvalue weighted by Gasteiger charge is 2.36. The van der Waals surface area contributed by atoms with E-state index in [9.17, 15) is 24.3 Å². The van der Waals surface area contributed by atoms with Crippen molar-refractivity contribution >= 4 is 24.2 Å². The van der Waals surface area contributed by atoms with E-state index >= 15 is 0 Å². The molecule has 0 saturated heterocycles. The normalized spacial score (nSPS) is 14.1. The highest BCUT2D eigenvalue weighted by atomic mass is 16.7. The first-order valence-electron chi connectivity index (χ1n) is 12.9. The molecule has 0 fully saturated rings. The molecule has 0 bridgehead atoms. The Morgan fingerprint density at radius 2 is 1.39 bits per heavy atom. The predicted octanol–water partition coefficient (Wildman–Crippen LogP) is 5.04. The van der Waals surface area contributed by atoms with Crippen molar-refractivity contribution in [1.29, 1.82) is 0 Å². The van der Waals surface area contributed by atoms with Gasteiger partial charge in [-0.1, -0.05) is 53.5 Å². The molecule has 0 amide bonds. The molecule has 1 rings (SSSR count). The molecular weight excluding hydrogens is 498 g/mol. The monoisotopic (exact) mass is 539 g/mol. The number of hydrogen-bond acceptors (Lipinski definition) is 10. The van der Waals surface area contributed by atoms with Gasteiger partial charge in [0, 0.05) is 11.8 Å². The number of carbonyl (C=O) groups is 4. The van der Waals surface area contributed by atoms with Gasteiger partial charge in [-0.2, -0.15) is 0 Å². The second-order valence-corrected chi connectivity index (χ2v) is 9.36. The SMILES string of the molecule is CCCCOC(=O)Oc1ccc(C(C(C)C(C)OC(=O)C(C)C)[C@H](N)C(=O)O)cc1OC(=O)OCCCC. The third-order valence-electron chi connectivity index (χ3n) is 5.93. The summed E-state index contributed by atoms with van der Waals surface area (Å²) >= 11 is 0. The Balaban J connectivity index is 3.38. The van der Waals surface area contributed by atoms with Crippen LogP contribution in [0.3, 0.4) is 0 Å². The van der Waals surface area contributed by atoms with Crippen molar-refractivity contribution in [1.82, 2.24) is 0 Å². The molecule has 0 aliphatic heterocycles. The van der Waals surface area contributed by atoms with Gasteiger partial charge in [-0.3, -0.25) is 9.59 Å². The zero-order chi connectivity index (χ0) is 28.8. The van der Waals surface area contributed by atoms with E-state index in [1.165, 1.54) is 18.2 Å². The van der Waals surface area contributed by atoms with E-state index in [0.29, 0.717) is 18.4 Å². The van der Waals surface area contributed by atoms with Crippen LogP contribution in [-0.2, 0) is 23.8 Å². The predicted molar refractivity (Wildman–Crippen MR) is 138 cm³/mol. The summed E-state index contributed by atoms with van der Waals surface area (Å²) in [5, 5.41) is 9.70. The van der Waals surface area contributed by atoms with Crippen molar-refractivity contribution in [3.8, 4) is 11.5 Å². The Morgan fingerprint density at radius 1 is 0.868 bits per heavy atom. The average Bonchev–Trinajstić information content (AvgIpc) is 2.85. The standard InChI is InChI=1S/C27H41NO10/c1-7-9-13-34-26(32)37-20-12-11-19(15-21(20)38-27(33)35-14-10-8-2)22(23(28)24(29)30)17(5)18(6)36-25(31)16(3)4/h11-12,15-18,22-23H,7-10,13-14,28H2,1-6H3,(H,29,30)/t17?,18?,22?,23-/m0/s1. The van der Waals surface area contributed by atoms with Crippen molar-refractivity contribution in [3.05, 3.63) is 23.8 Å². The molecule has 0 saturated carbocycles.